The van der Waals surface area contributed by atoms with Gasteiger partial charge in [0.25, 0.3) is 0 Å². The van der Waals surface area contributed by atoms with Crippen LogP contribution in [-0.4, -0.2) is 33.6 Å². The molecule has 0 fully saturated rings. The van der Waals surface area contributed by atoms with E-state index in [4.69, 9.17) is 4.74 Å². The van der Waals surface area contributed by atoms with Crippen molar-refractivity contribution in [1.82, 2.24) is 20.2 Å². The Balaban J connectivity index is 1.77. The van der Waals surface area contributed by atoms with Gasteiger partial charge in [0.05, 0.1) is 7.11 Å². The summed E-state index contributed by atoms with van der Waals surface area (Å²) < 4.78 is 7.12. The van der Waals surface area contributed by atoms with Crippen LogP contribution in [0.1, 0.15) is 17.2 Å². The van der Waals surface area contributed by atoms with Gasteiger partial charge in [-0.2, -0.15) is 4.68 Å². The molecule has 0 spiro atoms. The third-order valence-electron chi connectivity index (χ3n) is 4.17. The van der Waals surface area contributed by atoms with E-state index in [-0.39, 0.29) is 6.04 Å². The Kier molecular flexibility index (Phi) is 4.15. The lowest BCUT2D eigenvalue weighted by Crippen LogP contribution is -2.20. The third kappa shape index (κ3) is 2.98. The van der Waals surface area contributed by atoms with Crippen LogP contribution in [-0.2, 0) is 0 Å². The lowest BCUT2D eigenvalue weighted by atomic mass is 10.0. The Morgan fingerprint density at radius 2 is 2.00 bits per heavy atom. The summed E-state index contributed by atoms with van der Waals surface area (Å²) in [6, 6.07) is 16.3. The summed E-state index contributed by atoms with van der Waals surface area (Å²) in [4.78, 5) is 1.23. The van der Waals surface area contributed by atoms with Crippen LogP contribution in [0.3, 0.4) is 0 Å². The highest BCUT2D eigenvalue weighted by molar-refractivity contribution is 7.98. The van der Waals surface area contributed by atoms with Crippen molar-refractivity contribution in [3.8, 4) is 5.75 Å². The monoisotopic (exact) mass is 351 g/mol. The van der Waals surface area contributed by atoms with E-state index in [0.29, 0.717) is 5.95 Å². The summed E-state index contributed by atoms with van der Waals surface area (Å²) in [5, 5.41) is 15.3. The fraction of sp³-hybridized carbons (Fsp3) is 0.167. The second kappa shape index (κ2) is 6.60. The summed E-state index contributed by atoms with van der Waals surface area (Å²) in [7, 11) is 1.67. The molecule has 0 radical (unpaired) electrons. The number of hydrogen-bond acceptors (Lipinski definition) is 6. The predicted octanol–water partition coefficient (Wildman–Crippen LogP) is 3.46. The number of rotatable bonds is 4. The van der Waals surface area contributed by atoms with Crippen LogP contribution >= 0.6 is 11.8 Å². The summed E-state index contributed by atoms with van der Waals surface area (Å²) in [5.41, 5.74) is 3.12. The number of fused-ring (bicyclic) bond motifs is 1. The van der Waals surface area contributed by atoms with Gasteiger partial charge in [-0.1, -0.05) is 29.4 Å². The molecular formula is C18H17N5OS. The predicted molar refractivity (Wildman–Crippen MR) is 98.8 cm³/mol. The van der Waals surface area contributed by atoms with Gasteiger partial charge in [0.15, 0.2) is 0 Å². The first kappa shape index (κ1) is 15.7. The van der Waals surface area contributed by atoms with Gasteiger partial charge >= 0.3 is 0 Å². The number of nitrogens with one attached hydrogen (secondary N) is 1. The SMILES string of the molecule is COc1cccc(C2=C[C@@H](c3ccc(SC)cc3)n3nnnc3N2)c1. The van der Waals surface area contributed by atoms with Gasteiger partial charge in [-0.05, 0) is 52.6 Å². The minimum atomic E-state index is -0.0663. The van der Waals surface area contributed by atoms with Gasteiger partial charge in [-0.15, -0.1) is 11.8 Å². The number of hydrogen-bond donors (Lipinski definition) is 1. The van der Waals surface area contributed by atoms with Crippen molar-refractivity contribution in [2.24, 2.45) is 0 Å². The van der Waals surface area contributed by atoms with Crippen LogP contribution in [0.25, 0.3) is 5.70 Å². The van der Waals surface area contributed by atoms with Crippen molar-refractivity contribution in [3.05, 3.63) is 65.7 Å². The Labute approximate surface area is 149 Å². The fourth-order valence-corrected chi connectivity index (χ4v) is 3.26. The molecule has 1 N–H and O–H groups in total. The van der Waals surface area contributed by atoms with E-state index in [9.17, 15) is 0 Å². The van der Waals surface area contributed by atoms with Crippen LogP contribution in [0.4, 0.5) is 5.95 Å². The van der Waals surface area contributed by atoms with E-state index in [2.05, 4.69) is 57.4 Å². The molecule has 7 heteroatoms. The summed E-state index contributed by atoms with van der Waals surface area (Å²) in [5.74, 6) is 1.44. The van der Waals surface area contributed by atoms with Crippen molar-refractivity contribution in [3.63, 3.8) is 0 Å². The normalized spacial score (nSPS) is 15.9. The molecule has 0 saturated heterocycles. The molecule has 1 atom stereocenters. The van der Waals surface area contributed by atoms with E-state index >= 15 is 0 Å². The van der Waals surface area contributed by atoms with Crippen LogP contribution in [0.5, 0.6) is 5.75 Å². The summed E-state index contributed by atoms with van der Waals surface area (Å²) >= 11 is 1.72. The second-order valence-corrected chi connectivity index (χ2v) is 6.48. The Morgan fingerprint density at radius 1 is 1.16 bits per heavy atom. The topological polar surface area (TPSA) is 64.9 Å². The minimum absolute atomic E-state index is 0.0663. The highest BCUT2D eigenvalue weighted by Crippen LogP contribution is 2.33. The van der Waals surface area contributed by atoms with Crippen LogP contribution < -0.4 is 10.1 Å². The molecule has 1 aliphatic rings. The molecule has 6 nitrogen and oxygen atoms in total. The molecule has 0 saturated carbocycles. The zero-order chi connectivity index (χ0) is 17.2. The van der Waals surface area contributed by atoms with Crippen molar-refractivity contribution in [2.75, 3.05) is 18.7 Å². The quantitative estimate of drug-likeness (QED) is 0.726. The third-order valence-corrected chi connectivity index (χ3v) is 4.91. The number of allylic oxidation sites excluding steroid dienone is 1. The molecule has 4 rings (SSSR count). The molecule has 1 aromatic heterocycles. The number of thioether (sulfide) groups is 1. The number of tetrazole rings is 1. The Bertz CT molecular complexity index is 919. The van der Waals surface area contributed by atoms with E-state index in [1.54, 1.807) is 23.6 Å². The first-order valence-electron chi connectivity index (χ1n) is 7.83. The smallest absolute Gasteiger partial charge is 0.248 e. The number of anilines is 1. The van der Waals surface area contributed by atoms with Gasteiger partial charge in [0, 0.05) is 16.2 Å². The van der Waals surface area contributed by atoms with E-state index in [1.807, 2.05) is 24.3 Å². The lowest BCUT2D eigenvalue weighted by Gasteiger charge is -2.23. The van der Waals surface area contributed by atoms with Crippen LogP contribution in [0, 0.1) is 0 Å². The number of nitrogens with zero attached hydrogens (tertiary/aromatic N) is 4. The van der Waals surface area contributed by atoms with Crippen molar-refractivity contribution < 1.29 is 4.74 Å². The van der Waals surface area contributed by atoms with E-state index < -0.39 is 0 Å². The van der Waals surface area contributed by atoms with Crippen molar-refractivity contribution in [2.45, 2.75) is 10.9 Å². The molecule has 0 aliphatic carbocycles. The summed E-state index contributed by atoms with van der Waals surface area (Å²) in [6.07, 6.45) is 4.20. The van der Waals surface area contributed by atoms with Gasteiger partial charge in [-0.3, -0.25) is 0 Å². The van der Waals surface area contributed by atoms with Crippen LogP contribution in [0.2, 0.25) is 0 Å². The van der Waals surface area contributed by atoms with E-state index in [1.165, 1.54) is 4.90 Å². The molecule has 0 bridgehead atoms. The number of methoxy groups -OCH3 is 1. The summed E-state index contributed by atoms with van der Waals surface area (Å²) in [6.45, 7) is 0. The largest absolute Gasteiger partial charge is 0.497 e. The number of benzene rings is 2. The Hall–Kier alpha value is -2.80. The molecule has 126 valence electrons. The maximum absolute atomic E-state index is 5.33. The Morgan fingerprint density at radius 3 is 2.76 bits per heavy atom. The van der Waals surface area contributed by atoms with Gasteiger partial charge in [0.2, 0.25) is 5.95 Å². The van der Waals surface area contributed by atoms with Gasteiger partial charge in [0.1, 0.15) is 11.8 Å². The second-order valence-electron chi connectivity index (χ2n) is 5.60. The first-order valence-corrected chi connectivity index (χ1v) is 9.06. The van der Waals surface area contributed by atoms with Crippen molar-refractivity contribution >= 4 is 23.4 Å². The maximum Gasteiger partial charge on any atom is 0.248 e. The average molecular weight is 351 g/mol. The highest BCUT2D eigenvalue weighted by atomic mass is 32.2. The molecule has 1 aliphatic heterocycles. The van der Waals surface area contributed by atoms with Gasteiger partial charge < -0.3 is 10.1 Å². The minimum Gasteiger partial charge on any atom is -0.497 e. The standard InChI is InChI=1S/C18H17N5OS/c1-24-14-5-3-4-13(10-14)16-11-17(23-18(19-16)20-21-22-23)12-6-8-15(25-2)9-7-12/h3-11,17H,1-2H3,(H,19,20,22)/t17-/m0/s1. The number of aromatic nitrogens is 4. The molecule has 2 heterocycles. The zero-order valence-corrected chi connectivity index (χ0v) is 14.7. The lowest BCUT2D eigenvalue weighted by molar-refractivity contribution is 0.414. The molecule has 2 aromatic carbocycles. The molecule has 3 aromatic rings. The zero-order valence-electron chi connectivity index (χ0n) is 13.9. The maximum atomic E-state index is 5.33. The molecule has 25 heavy (non-hydrogen) atoms. The highest BCUT2D eigenvalue weighted by Gasteiger charge is 2.24. The van der Waals surface area contributed by atoms with Gasteiger partial charge in [-0.25, -0.2) is 0 Å². The number of ether oxygens (including phenoxy) is 1. The van der Waals surface area contributed by atoms with E-state index in [0.717, 1.165) is 22.6 Å². The molecular weight excluding hydrogens is 334 g/mol. The molecule has 0 unspecified atom stereocenters. The first-order chi connectivity index (χ1) is 12.3. The molecule has 0 amide bonds. The van der Waals surface area contributed by atoms with Crippen LogP contribution in [0.15, 0.2) is 59.5 Å². The average Bonchev–Trinajstić information content (AvgIpc) is 3.16. The van der Waals surface area contributed by atoms with Crippen molar-refractivity contribution in [1.29, 1.82) is 0 Å². The fourth-order valence-electron chi connectivity index (χ4n) is 2.85.